The van der Waals surface area contributed by atoms with Gasteiger partial charge in [-0.25, -0.2) is 0 Å². The Hall–Kier alpha value is -0.0400. The van der Waals surface area contributed by atoms with E-state index in [-0.39, 0.29) is 5.60 Å². The Morgan fingerprint density at radius 1 is 1.17 bits per heavy atom. The Bertz CT molecular complexity index is 95.2. The highest BCUT2D eigenvalue weighted by molar-refractivity contribution is 4.86. The van der Waals surface area contributed by atoms with Crippen molar-refractivity contribution in [1.82, 2.24) is 0 Å². The first-order valence-electron chi connectivity index (χ1n) is 5.49. The molecule has 0 bridgehead atoms. The number of unbranched alkanes of at least 4 members (excludes halogenated alkanes) is 2. The van der Waals surface area contributed by atoms with Crippen molar-refractivity contribution in [2.45, 2.75) is 71.3 Å². The van der Waals surface area contributed by atoms with Gasteiger partial charge in [-0.3, -0.25) is 0 Å². The molecule has 0 aromatic rings. The largest absolute Gasteiger partial charge is 0.390 e. The molecule has 1 rings (SSSR count). The van der Waals surface area contributed by atoms with Crippen molar-refractivity contribution in [2.75, 3.05) is 0 Å². The molecule has 1 saturated carbocycles. The Morgan fingerprint density at radius 3 is 2.08 bits per heavy atom. The SMILES string of the molecule is CC.CCCCCC1(O)CCC1. The van der Waals surface area contributed by atoms with E-state index in [1.165, 1.54) is 25.7 Å². The summed E-state index contributed by atoms with van der Waals surface area (Å²) in [5, 5.41) is 9.64. The first-order valence-corrected chi connectivity index (χ1v) is 5.49. The molecule has 1 fully saturated rings. The maximum absolute atomic E-state index is 9.64. The minimum atomic E-state index is -0.227. The highest BCUT2D eigenvalue weighted by Gasteiger charge is 2.32. The van der Waals surface area contributed by atoms with Crippen LogP contribution in [0.2, 0.25) is 0 Å². The lowest BCUT2D eigenvalue weighted by Gasteiger charge is -2.36. The molecule has 1 N–H and O–H groups in total. The summed E-state index contributed by atoms with van der Waals surface area (Å²) in [6, 6.07) is 0. The molecule has 1 aliphatic rings. The van der Waals surface area contributed by atoms with Crippen LogP contribution < -0.4 is 0 Å². The van der Waals surface area contributed by atoms with Crippen molar-refractivity contribution in [3.63, 3.8) is 0 Å². The molecule has 0 radical (unpaired) electrons. The van der Waals surface area contributed by atoms with Gasteiger partial charge < -0.3 is 5.11 Å². The summed E-state index contributed by atoms with van der Waals surface area (Å²) < 4.78 is 0. The highest BCUT2D eigenvalue weighted by atomic mass is 16.3. The monoisotopic (exact) mass is 172 g/mol. The summed E-state index contributed by atoms with van der Waals surface area (Å²) in [6.45, 7) is 6.20. The van der Waals surface area contributed by atoms with Gasteiger partial charge >= 0.3 is 0 Å². The highest BCUT2D eigenvalue weighted by Crippen LogP contribution is 2.35. The number of hydrogen-bond donors (Lipinski definition) is 1. The fourth-order valence-electron chi connectivity index (χ4n) is 1.54. The molecule has 0 unspecified atom stereocenters. The van der Waals surface area contributed by atoms with Gasteiger partial charge in [0.05, 0.1) is 5.60 Å². The molecule has 1 heteroatoms. The van der Waals surface area contributed by atoms with E-state index >= 15 is 0 Å². The molecule has 74 valence electrons. The molecule has 0 aromatic carbocycles. The van der Waals surface area contributed by atoms with Crippen molar-refractivity contribution >= 4 is 0 Å². The standard InChI is InChI=1S/C9H18O.C2H6/c1-2-3-4-6-9(10)7-5-8-9;1-2/h10H,2-8H2,1H3;1-2H3. The van der Waals surface area contributed by atoms with Crippen LogP contribution in [0.4, 0.5) is 0 Å². The van der Waals surface area contributed by atoms with Crippen molar-refractivity contribution < 1.29 is 5.11 Å². The predicted molar refractivity (Wildman–Crippen MR) is 54.3 cm³/mol. The molecular formula is C11H24O. The van der Waals surface area contributed by atoms with Gasteiger partial charge in [0.15, 0.2) is 0 Å². The molecule has 0 aromatic heterocycles. The van der Waals surface area contributed by atoms with Crippen LogP contribution in [0.1, 0.15) is 65.7 Å². The average Bonchev–Trinajstić information content (AvgIpc) is 2.06. The van der Waals surface area contributed by atoms with E-state index in [2.05, 4.69) is 6.92 Å². The lowest BCUT2D eigenvalue weighted by Crippen LogP contribution is -2.36. The lowest BCUT2D eigenvalue weighted by molar-refractivity contribution is -0.0418. The average molecular weight is 172 g/mol. The van der Waals surface area contributed by atoms with Crippen LogP contribution in [0.25, 0.3) is 0 Å². The second-order valence-corrected chi connectivity index (χ2v) is 3.54. The van der Waals surface area contributed by atoms with Crippen LogP contribution in [0.15, 0.2) is 0 Å². The Kier molecular flexibility index (Phi) is 6.45. The fourth-order valence-corrected chi connectivity index (χ4v) is 1.54. The molecule has 1 aliphatic carbocycles. The summed E-state index contributed by atoms with van der Waals surface area (Å²) in [7, 11) is 0. The van der Waals surface area contributed by atoms with Gasteiger partial charge in [0.25, 0.3) is 0 Å². The van der Waals surface area contributed by atoms with Gasteiger partial charge in [-0.05, 0) is 25.7 Å². The topological polar surface area (TPSA) is 20.2 Å². The Labute approximate surface area is 77.2 Å². The molecular weight excluding hydrogens is 148 g/mol. The van der Waals surface area contributed by atoms with Crippen LogP contribution in [0, 0.1) is 0 Å². The van der Waals surface area contributed by atoms with E-state index in [1.54, 1.807) is 0 Å². The second-order valence-electron chi connectivity index (χ2n) is 3.54. The molecule has 0 spiro atoms. The zero-order valence-electron chi connectivity index (χ0n) is 8.90. The van der Waals surface area contributed by atoms with Gasteiger partial charge in [-0.15, -0.1) is 0 Å². The molecule has 0 atom stereocenters. The number of rotatable bonds is 4. The summed E-state index contributed by atoms with van der Waals surface area (Å²) in [6.07, 6.45) is 8.14. The minimum Gasteiger partial charge on any atom is -0.390 e. The first-order chi connectivity index (χ1) is 5.77. The molecule has 0 heterocycles. The summed E-state index contributed by atoms with van der Waals surface area (Å²) in [5.41, 5.74) is -0.227. The molecule has 12 heavy (non-hydrogen) atoms. The Morgan fingerprint density at radius 2 is 1.75 bits per heavy atom. The van der Waals surface area contributed by atoms with Crippen LogP contribution >= 0.6 is 0 Å². The third-order valence-corrected chi connectivity index (χ3v) is 2.53. The van der Waals surface area contributed by atoms with Crippen molar-refractivity contribution in [1.29, 1.82) is 0 Å². The predicted octanol–water partition coefficient (Wildman–Crippen LogP) is 3.51. The van der Waals surface area contributed by atoms with E-state index in [0.29, 0.717) is 0 Å². The fraction of sp³-hybridized carbons (Fsp3) is 1.00. The second kappa shape index (κ2) is 6.47. The lowest BCUT2D eigenvalue weighted by atomic mass is 9.77. The molecule has 1 nitrogen and oxygen atoms in total. The van der Waals surface area contributed by atoms with Gasteiger partial charge in [0.1, 0.15) is 0 Å². The third kappa shape index (κ3) is 4.10. The van der Waals surface area contributed by atoms with Crippen LogP contribution in [0.3, 0.4) is 0 Å². The van der Waals surface area contributed by atoms with Crippen molar-refractivity contribution in [3.05, 3.63) is 0 Å². The van der Waals surface area contributed by atoms with Gasteiger partial charge in [0, 0.05) is 0 Å². The first kappa shape index (κ1) is 12.0. The van der Waals surface area contributed by atoms with Gasteiger partial charge in [-0.1, -0.05) is 40.0 Å². The zero-order valence-corrected chi connectivity index (χ0v) is 8.90. The van der Waals surface area contributed by atoms with Crippen molar-refractivity contribution in [2.24, 2.45) is 0 Å². The van der Waals surface area contributed by atoms with Crippen LogP contribution in [0.5, 0.6) is 0 Å². The zero-order chi connectivity index (χ0) is 9.45. The quantitative estimate of drug-likeness (QED) is 0.643. The van der Waals surface area contributed by atoms with Crippen LogP contribution in [-0.4, -0.2) is 10.7 Å². The number of aliphatic hydroxyl groups is 1. The Balaban J connectivity index is 0.000000561. The maximum atomic E-state index is 9.64. The number of hydrogen-bond acceptors (Lipinski definition) is 1. The smallest absolute Gasteiger partial charge is 0.0647 e. The molecule has 0 aliphatic heterocycles. The summed E-state index contributed by atoms with van der Waals surface area (Å²) >= 11 is 0. The van der Waals surface area contributed by atoms with E-state index < -0.39 is 0 Å². The van der Waals surface area contributed by atoms with E-state index in [4.69, 9.17) is 0 Å². The van der Waals surface area contributed by atoms with E-state index in [9.17, 15) is 5.11 Å². The third-order valence-electron chi connectivity index (χ3n) is 2.53. The maximum Gasteiger partial charge on any atom is 0.0647 e. The minimum absolute atomic E-state index is 0.227. The van der Waals surface area contributed by atoms with Gasteiger partial charge in [-0.2, -0.15) is 0 Å². The normalized spacial score (nSPS) is 19.0. The van der Waals surface area contributed by atoms with Crippen molar-refractivity contribution in [3.8, 4) is 0 Å². The van der Waals surface area contributed by atoms with Gasteiger partial charge in [0.2, 0.25) is 0 Å². The summed E-state index contributed by atoms with van der Waals surface area (Å²) in [5.74, 6) is 0. The van der Waals surface area contributed by atoms with E-state index in [0.717, 1.165) is 19.3 Å². The summed E-state index contributed by atoms with van der Waals surface area (Å²) in [4.78, 5) is 0. The molecule has 0 saturated heterocycles. The van der Waals surface area contributed by atoms with Crippen LogP contribution in [-0.2, 0) is 0 Å². The van der Waals surface area contributed by atoms with E-state index in [1.807, 2.05) is 13.8 Å². The molecule has 0 amide bonds.